The van der Waals surface area contributed by atoms with Gasteiger partial charge in [0.15, 0.2) is 0 Å². The van der Waals surface area contributed by atoms with Crippen LogP contribution in [0.15, 0.2) is 0 Å². The molecule has 1 aliphatic heterocycles. The smallest absolute Gasteiger partial charge is 0.0791 e. The molecule has 0 aromatic carbocycles. The van der Waals surface area contributed by atoms with Crippen LogP contribution in [0.25, 0.3) is 0 Å². The molecule has 2 aliphatic rings. The van der Waals surface area contributed by atoms with Gasteiger partial charge in [0.1, 0.15) is 0 Å². The van der Waals surface area contributed by atoms with Crippen LogP contribution in [0.1, 0.15) is 33.1 Å². The average molecular weight is 255 g/mol. The summed E-state index contributed by atoms with van der Waals surface area (Å²) in [7, 11) is 0. The minimum absolute atomic E-state index is 0.207. The maximum atomic E-state index is 10.0. The number of likely N-dealkylation sites (N-methyl/N-ethyl adjacent to an activating group) is 1. The van der Waals surface area contributed by atoms with Gasteiger partial charge in [0, 0.05) is 31.7 Å². The SMILES string of the molecule is CCN(CC)C1CCN(CC(O)CNC2CC2)C1. The fourth-order valence-electron chi connectivity index (χ4n) is 2.97. The number of hydrogen-bond acceptors (Lipinski definition) is 4. The summed E-state index contributed by atoms with van der Waals surface area (Å²) in [6.45, 7) is 10.6. The van der Waals surface area contributed by atoms with Gasteiger partial charge < -0.3 is 10.4 Å². The maximum absolute atomic E-state index is 10.0. The molecule has 0 aromatic heterocycles. The van der Waals surface area contributed by atoms with Gasteiger partial charge in [0.25, 0.3) is 0 Å². The van der Waals surface area contributed by atoms with Crippen LogP contribution < -0.4 is 5.32 Å². The Labute approximate surface area is 111 Å². The molecule has 1 saturated heterocycles. The van der Waals surface area contributed by atoms with Crippen molar-refractivity contribution in [1.29, 1.82) is 0 Å². The second-order valence-electron chi connectivity index (χ2n) is 5.76. The van der Waals surface area contributed by atoms with E-state index in [-0.39, 0.29) is 6.10 Å². The summed E-state index contributed by atoms with van der Waals surface area (Å²) < 4.78 is 0. The van der Waals surface area contributed by atoms with E-state index >= 15 is 0 Å². The molecule has 4 heteroatoms. The van der Waals surface area contributed by atoms with E-state index in [1.54, 1.807) is 0 Å². The quantitative estimate of drug-likeness (QED) is 0.663. The number of rotatable bonds is 8. The minimum Gasteiger partial charge on any atom is -0.390 e. The van der Waals surface area contributed by atoms with Crippen molar-refractivity contribution in [2.24, 2.45) is 0 Å². The molecule has 2 fully saturated rings. The van der Waals surface area contributed by atoms with Gasteiger partial charge in [-0.05, 0) is 38.9 Å². The third-order valence-electron chi connectivity index (χ3n) is 4.26. The molecule has 2 unspecified atom stereocenters. The van der Waals surface area contributed by atoms with Crippen molar-refractivity contribution >= 4 is 0 Å². The van der Waals surface area contributed by atoms with Gasteiger partial charge in [0.05, 0.1) is 6.10 Å². The number of aliphatic hydroxyl groups is 1. The van der Waals surface area contributed by atoms with Crippen molar-refractivity contribution in [3.8, 4) is 0 Å². The highest BCUT2D eigenvalue weighted by molar-refractivity contribution is 4.86. The Kier molecular flexibility index (Phi) is 5.42. The predicted molar refractivity (Wildman–Crippen MR) is 74.8 cm³/mol. The molecule has 4 nitrogen and oxygen atoms in total. The lowest BCUT2D eigenvalue weighted by Crippen LogP contribution is -2.41. The largest absolute Gasteiger partial charge is 0.390 e. The van der Waals surface area contributed by atoms with Gasteiger partial charge in [-0.25, -0.2) is 0 Å². The zero-order valence-corrected chi connectivity index (χ0v) is 11.9. The lowest BCUT2D eigenvalue weighted by molar-refractivity contribution is 0.117. The number of aliphatic hydroxyl groups excluding tert-OH is 1. The summed E-state index contributed by atoms with van der Waals surface area (Å²) in [6, 6.07) is 1.39. The number of hydrogen-bond donors (Lipinski definition) is 2. The van der Waals surface area contributed by atoms with Gasteiger partial charge in [-0.1, -0.05) is 13.8 Å². The number of nitrogens with one attached hydrogen (secondary N) is 1. The van der Waals surface area contributed by atoms with Crippen LogP contribution >= 0.6 is 0 Å². The lowest BCUT2D eigenvalue weighted by atomic mass is 10.2. The summed E-state index contributed by atoms with van der Waals surface area (Å²) in [6.07, 6.45) is 3.63. The van der Waals surface area contributed by atoms with Crippen molar-refractivity contribution in [2.45, 2.75) is 51.3 Å². The molecular formula is C14H29N3O. The number of nitrogens with zero attached hydrogens (tertiary/aromatic N) is 2. The molecular weight excluding hydrogens is 226 g/mol. The van der Waals surface area contributed by atoms with Gasteiger partial charge >= 0.3 is 0 Å². The molecule has 2 N–H and O–H groups in total. The molecule has 0 aromatic rings. The summed E-state index contributed by atoms with van der Waals surface area (Å²) in [5, 5.41) is 13.4. The zero-order valence-electron chi connectivity index (χ0n) is 11.9. The molecule has 1 saturated carbocycles. The normalized spacial score (nSPS) is 27.0. The van der Waals surface area contributed by atoms with Crippen LogP contribution in [0.3, 0.4) is 0 Å². The number of likely N-dealkylation sites (tertiary alicyclic amines) is 1. The van der Waals surface area contributed by atoms with E-state index in [0.29, 0.717) is 12.1 Å². The molecule has 106 valence electrons. The van der Waals surface area contributed by atoms with Crippen molar-refractivity contribution in [2.75, 3.05) is 39.3 Å². The van der Waals surface area contributed by atoms with Crippen molar-refractivity contribution in [1.82, 2.24) is 15.1 Å². The predicted octanol–water partition coefficient (Wildman–Crippen LogP) is 0.515. The highest BCUT2D eigenvalue weighted by Gasteiger charge is 2.28. The van der Waals surface area contributed by atoms with Gasteiger partial charge in [0.2, 0.25) is 0 Å². The Hall–Kier alpha value is -0.160. The molecule has 1 heterocycles. The molecule has 0 spiro atoms. The summed E-state index contributed by atoms with van der Waals surface area (Å²) >= 11 is 0. The van der Waals surface area contributed by atoms with Crippen molar-refractivity contribution in [3.63, 3.8) is 0 Å². The Morgan fingerprint density at radius 2 is 2.00 bits per heavy atom. The van der Waals surface area contributed by atoms with Crippen LogP contribution in [0.2, 0.25) is 0 Å². The van der Waals surface area contributed by atoms with Crippen molar-refractivity contribution in [3.05, 3.63) is 0 Å². The zero-order chi connectivity index (χ0) is 13.0. The first-order valence-electron chi connectivity index (χ1n) is 7.60. The van der Waals surface area contributed by atoms with Crippen LogP contribution in [0, 0.1) is 0 Å². The molecule has 2 rings (SSSR count). The average Bonchev–Trinajstić information content (AvgIpc) is 3.09. The Morgan fingerprint density at radius 3 is 2.61 bits per heavy atom. The molecule has 1 aliphatic carbocycles. The number of β-amino-alcohol motifs (C(OH)–C–C–N with tert-alkyl or cyclic N) is 1. The lowest BCUT2D eigenvalue weighted by Gasteiger charge is -2.26. The third-order valence-corrected chi connectivity index (χ3v) is 4.26. The van der Waals surface area contributed by atoms with Crippen LogP contribution in [-0.4, -0.2) is 72.4 Å². The Bertz CT molecular complexity index is 241. The third kappa shape index (κ3) is 4.19. The first-order valence-corrected chi connectivity index (χ1v) is 7.60. The standard InChI is InChI=1S/C14H29N3O/c1-3-17(4-2)13-7-8-16(10-13)11-14(18)9-15-12-5-6-12/h12-15,18H,3-11H2,1-2H3. The molecule has 0 amide bonds. The maximum Gasteiger partial charge on any atom is 0.0791 e. The van der Waals surface area contributed by atoms with Gasteiger partial charge in [-0.2, -0.15) is 0 Å². The summed E-state index contributed by atoms with van der Waals surface area (Å²) in [5.41, 5.74) is 0. The molecule has 0 bridgehead atoms. The van der Waals surface area contributed by atoms with Crippen LogP contribution in [-0.2, 0) is 0 Å². The van der Waals surface area contributed by atoms with E-state index in [2.05, 4.69) is 29.0 Å². The van der Waals surface area contributed by atoms with E-state index in [4.69, 9.17) is 0 Å². The second-order valence-corrected chi connectivity index (χ2v) is 5.76. The second kappa shape index (κ2) is 6.85. The van der Waals surface area contributed by atoms with Crippen molar-refractivity contribution < 1.29 is 5.11 Å². The summed E-state index contributed by atoms with van der Waals surface area (Å²) in [5.74, 6) is 0. The summed E-state index contributed by atoms with van der Waals surface area (Å²) in [4.78, 5) is 4.96. The molecule has 0 radical (unpaired) electrons. The molecule has 18 heavy (non-hydrogen) atoms. The highest BCUT2D eigenvalue weighted by atomic mass is 16.3. The first-order chi connectivity index (χ1) is 8.72. The van der Waals surface area contributed by atoms with Gasteiger partial charge in [-0.15, -0.1) is 0 Å². The first kappa shape index (κ1) is 14.3. The topological polar surface area (TPSA) is 38.7 Å². The van der Waals surface area contributed by atoms with E-state index in [9.17, 15) is 5.11 Å². The monoisotopic (exact) mass is 255 g/mol. The van der Waals surface area contributed by atoms with E-state index in [1.165, 1.54) is 19.3 Å². The van der Waals surface area contributed by atoms with Crippen LogP contribution in [0.4, 0.5) is 0 Å². The minimum atomic E-state index is -0.207. The molecule has 2 atom stereocenters. The fraction of sp³-hybridized carbons (Fsp3) is 1.00. The van der Waals surface area contributed by atoms with E-state index in [1.807, 2.05) is 0 Å². The van der Waals surface area contributed by atoms with Gasteiger partial charge in [-0.3, -0.25) is 9.80 Å². The van der Waals surface area contributed by atoms with Crippen LogP contribution in [0.5, 0.6) is 0 Å². The Balaban J connectivity index is 1.64. The fourth-order valence-corrected chi connectivity index (χ4v) is 2.97. The van der Waals surface area contributed by atoms with E-state index in [0.717, 1.165) is 39.3 Å². The Morgan fingerprint density at radius 1 is 1.28 bits per heavy atom. The highest BCUT2D eigenvalue weighted by Crippen LogP contribution is 2.19. The van der Waals surface area contributed by atoms with E-state index < -0.39 is 0 Å².